The van der Waals surface area contributed by atoms with Crippen molar-refractivity contribution < 1.29 is 24.4 Å². The fourth-order valence-corrected chi connectivity index (χ4v) is 3.84. The quantitative estimate of drug-likeness (QED) is 0.147. The predicted molar refractivity (Wildman–Crippen MR) is 126 cm³/mol. The molecular formula is C23H36N6O5. The molecular weight excluding hydrogens is 440 g/mol. The van der Waals surface area contributed by atoms with Gasteiger partial charge in [0, 0.05) is 18.8 Å². The standard InChI is InChI=1S/C23H36N6O5/c1-14(2)11-18(22(32)26-15(3)21(31)28-34)27-23(33)19-5-4-10-29(19)20(30)13-25-12-16-6-8-17(24)9-7-16/h6-9,14-15,18-19,25,34H,4-5,10-13,24H2,1-3H3,(H,26,32)(H,27,33)(H,28,31)/t15-,18-,19+/m1/s1. The van der Waals surface area contributed by atoms with Crippen LogP contribution in [0.1, 0.15) is 45.6 Å². The van der Waals surface area contributed by atoms with E-state index in [-0.39, 0.29) is 18.4 Å². The fraction of sp³-hybridized carbons (Fsp3) is 0.565. The highest BCUT2D eigenvalue weighted by Crippen LogP contribution is 2.18. The van der Waals surface area contributed by atoms with Crippen molar-refractivity contribution in [2.45, 2.75) is 64.7 Å². The molecule has 1 aromatic carbocycles. The zero-order chi connectivity index (χ0) is 25.3. The van der Waals surface area contributed by atoms with Gasteiger partial charge in [0.1, 0.15) is 18.1 Å². The molecule has 1 aliphatic rings. The minimum Gasteiger partial charge on any atom is -0.399 e. The zero-order valence-corrected chi connectivity index (χ0v) is 20.0. The summed E-state index contributed by atoms with van der Waals surface area (Å²) < 4.78 is 0. The maximum absolute atomic E-state index is 13.0. The summed E-state index contributed by atoms with van der Waals surface area (Å²) >= 11 is 0. The summed E-state index contributed by atoms with van der Waals surface area (Å²) in [5, 5.41) is 17.1. The highest BCUT2D eigenvalue weighted by molar-refractivity contribution is 5.94. The van der Waals surface area contributed by atoms with Gasteiger partial charge in [-0.05, 0) is 49.8 Å². The van der Waals surface area contributed by atoms with Gasteiger partial charge < -0.3 is 26.6 Å². The molecule has 0 bridgehead atoms. The molecule has 0 aliphatic carbocycles. The van der Waals surface area contributed by atoms with E-state index in [1.807, 2.05) is 26.0 Å². The monoisotopic (exact) mass is 476 g/mol. The van der Waals surface area contributed by atoms with Crippen molar-refractivity contribution in [2.75, 3.05) is 18.8 Å². The van der Waals surface area contributed by atoms with Crippen molar-refractivity contribution in [1.82, 2.24) is 26.3 Å². The van der Waals surface area contributed by atoms with Gasteiger partial charge in [-0.2, -0.15) is 0 Å². The van der Waals surface area contributed by atoms with Gasteiger partial charge in [0.25, 0.3) is 5.91 Å². The highest BCUT2D eigenvalue weighted by Gasteiger charge is 2.36. The number of amides is 4. The van der Waals surface area contributed by atoms with Crippen LogP contribution < -0.4 is 27.2 Å². The molecule has 0 aromatic heterocycles. The Kier molecular flexibility index (Phi) is 10.3. The van der Waals surface area contributed by atoms with Crippen LogP contribution in [-0.2, 0) is 25.7 Å². The van der Waals surface area contributed by atoms with Gasteiger partial charge >= 0.3 is 0 Å². The van der Waals surface area contributed by atoms with Crippen molar-refractivity contribution in [3.8, 4) is 0 Å². The Bertz CT molecular complexity index is 860. The molecule has 34 heavy (non-hydrogen) atoms. The molecule has 7 N–H and O–H groups in total. The van der Waals surface area contributed by atoms with Crippen LogP contribution in [0, 0.1) is 5.92 Å². The van der Waals surface area contributed by atoms with Crippen molar-refractivity contribution >= 4 is 29.3 Å². The number of anilines is 1. The Balaban J connectivity index is 1.94. The third-order valence-corrected chi connectivity index (χ3v) is 5.66. The number of nitrogens with zero attached hydrogens (tertiary/aromatic N) is 1. The maximum atomic E-state index is 13.0. The molecule has 2 rings (SSSR count). The zero-order valence-electron chi connectivity index (χ0n) is 20.0. The number of benzene rings is 1. The van der Waals surface area contributed by atoms with Crippen molar-refractivity contribution in [2.24, 2.45) is 5.92 Å². The molecule has 1 saturated heterocycles. The van der Waals surface area contributed by atoms with Crippen LogP contribution in [0.5, 0.6) is 0 Å². The number of hydrogen-bond donors (Lipinski definition) is 6. The van der Waals surface area contributed by atoms with E-state index in [1.54, 1.807) is 12.1 Å². The average molecular weight is 477 g/mol. The fourth-order valence-electron chi connectivity index (χ4n) is 3.84. The Morgan fingerprint density at radius 1 is 1.09 bits per heavy atom. The van der Waals surface area contributed by atoms with E-state index in [0.29, 0.717) is 38.0 Å². The number of hydroxylamine groups is 1. The largest absolute Gasteiger partial charge is 0.399 e. The molecule has 1 aromatic rings. The Morgan fingerprint density at radius 2 is 1.76 bits per heavy atom. The summed E-state index contributed by atoms with van der Waals surface area (Å²) in [6, 6.07) is 4.84. The highest BCUT2D eigenvalue weighted by atomic mass is 16.5. The maximum Gasteiger partial charge on any atom is 0.265 e. The average Bonchev–Trinajstić information content (AvgIpc) is 3.29. The van der Waals surface area contributed by atoms with E-state index in [2.05, 4.69) is 16.0 Å². The summed E-state index contributed by atoms with van der Waals surface area (Å²) in [5.74, 6) is -1.78. The summed E-state index contributed by atoms with van der Waals surface area (Å²) in [7, 11) is 0. The normalized spacial score (nSPS) is 17.2. The number of nitrogen functional groups attached to an aromatic ring is 1. The van der Waals surface area contributed by atoms with Gasteiger partial charge in [-0.15, -0.1) is 0 Å². The topological polar surface area (TPSA) is 166 Å². The predicted octanol–water partition coefficient (Wildman–Crippen LogP) is -0.110. The molecule has 0 spiro atoms. The second-order valence-corrected chi connectivity index (χ2v) is 8.99. The molecule has 0 saturated carbocycles. The minimum absolute atomic E-state index is 0.0812. The van der Waals surface area contributed by atoms with Gasteiger partial charge in [-0.1, -0.05) is 26.0 Å². The molecule has 11 heteroatoms. The van der Waals surface area contributed by atoms with Crippen molar-refractivity contribution in [3.63, 3.8) is 0 Å². The van der Waals surface area contributed by atoms with Gasteiger partial charge in [0.15, 0.2) is 0 Å². The number of nitrogens with two attached hydrogens (primary N) is 1. The summed E-state index contributed by atoms with van der Waals surface area (Å²) in [4.78, 5) is 51.5. The molecule has 1 aliphatic heterocycles. The SMILES string of the molecule is CC(C)C[C@@H](NC(=O)[C@@H]1CCCN1C(=O)CNCc1ccc(N)cc1)C(=O)N[C@H](C)C(=O)NO. The first-order chi connectivity index (χ1) is 16.1. The van der Waals surface area contributed by atoms with Gasteiger partial charge in [-0.25, -0.2) is 5.48 Å². The first kappa shape index (κ1) is 27.1. The van der Waals surface area contributed by atoms with Crippen LogP contribution >= 0.6 is 0 Å². The third-order valence-electron chi connectivity index (χ3n) is 5.66. The summed E-state index contributed by atoms with van der Waals surface area (Å²) in [5.41, 5.74) is 8.83. The van der Waals surface area contributed by atoms with Crippen LogP contribution in [0.4, 0.5) is 5.69 Å². The van der Waals surface area contributed by atoms with E-state index in [9.17, 15) is 19.2 Å². The van der Waals surface area contributed by atoms with Crippen LogP contribution in [0.2, 0.25) is 0 Å². The van der Waals surface area contributed by atoms with E-state index < -0.39 is 35.8 Å². The number of nitrogens with one attached hydrogen (secondary N) is 4. The van der Waals surface area contributed by atoms with Gasteiger partial charge in [0.2, 0.25) is 17.7 Å². The molecule has 4 amide bonds. The smallest absolute Gasteiger partial charge is 0.265 e. The number of likely N-dealkylation sites (tertiary alicyclic amines) is 1. The van der Waals surface area contributed by atoms with Crippen molar-refractivity contribution in [3.05, 3.63) is 29.8 Å². The lowest BCUT2D eigenvalue weighted by Crippen LogP contribution is -2.56. The number of carbonyl (C=O) groups is 4. The van der Waals surface area contributed by atoms with Crippen LogP contribution in [-0.4, -0.2) is 65.0 Å². The lowest BCUT2D eigenvalue weighted by molar-refractivity contribution is -0.139. The summed E-state index contributed by atoms with van der Waals surface area (Å²) in [6.07, 6.45) is 1.56. The van der Waals surface area contributed by atoms with Crippen LogP contribution in [0.15, 0.2) is 24.3 Å². The van der Waals surface area contributed by atoms with E-state index in [0.717, 1.165) is 5.56 Å². The second-order valence-electron chi connectivity index (χ2n) is 8.99. The van der Waals surface area contributed by atoms with E-state index in [4.69, 9.17) is 10.9 Å². The molecule has 188 valence electrons. The Labute approximate surface area is 199 Å². The lowest BCUT2D eigenvalue weighted by Gasteiger charge is -2.27. The first-order valence-electron chi connectivity index (χ1n) is 11.5. The lowest BCUT2D eigenvalue weighted by atomic mass is 10.0. The molecule has 3 atom stereocenters. The molecule has 1 fully saturated rings. The first-order valence-corrected chi connectivity index (χ1v) is 11.5. The number of carbonyl (C=O) groups excluding carboxylic acids is 4. The third kappa shape index (κ3) is 7.99. The Hall–Kier alpha value is -3.18. The van der Waals surface area contributed by atoms with E-state index >= 15 is 0 Å². The second kappa shape index (κ2) is 12.9. The Morgan fingerprint density at radius 3 is 2.38 bits per heavy atom. The van der Waals surface area contributed by atoms with Crippen LogP contribution in [0.25, 0.3) is 0 Å². The van der Waals surface area contributed by atoms with Crippen LogP contribution in [0.3, 0.4) is 0 Å². The van der Waals surface area contributed by atoms with Gasteiger partial charge in [-0.3, -0.25) is 24.4 Å². The molecule has 0 radical (unpaired) electrons. The minimum atomic E-state index is -0.972. The van der Waals surface area contributed by atoms with Crippen molar-refractivity contribution in [1.29, 1.82) is 0 Å². The molecule has 0 unspecified atom stereocenters. The molecule has 11 nitrogen and oxygen atoms in total. The van der Waals surface area contributed by atoms with E-state index in [1.165, 1.54) is 17.3 Å². The molecule has 1 heterocycles. The van der Waals surface area contributed by atoms with Gasteiger partial charge in [0.05, 0.1) is 6.54 Å². The summed E-state index contributed by atoms with van der Waals surface area (Å²) in [6.45, 7) is 6.29. The number of rotatable bonds is 11. The number of hydrogen-bond acceptors (Lipinski definition) is 7.